The van der Waals surface area contributed by atoms with Gasteiger partial charge in [-0.1, -0.05) is 0 Å². The third-order valence-electron chi connectivity index (χ3n) is 2.95. The fraction of sp³-hybridized carbons (Fsp3) is 1.00. The second-order valence-corrected chi connectivity index (χ2v) is 11.1. The molecule has 9 atom stereocenters. The smallest absolute Gasteiger partial charge is 0.387 e. The van der Waals surface area contributed by atoms with Crippen molar-refractivity contribution >= 4 is 31.3 Å². The quantitative estimate of drug-likeness (QED) is 0.145. The molecule has 168 valence electrons. The zero-order chi connectivity index (χ0) is 22.3. The second kappa shape index (κ2) is 8.85. The maximum atomic E-state index is 11.7. The largest absolute Gasteiger partial charge is 0.490 e. The van der Waals surface area contributed by atoms with Crippen molar-refractivity contribution in [3.63, 3.8) is 0 Å². The fourth-order valence-corrected chi connectivity index (χ4v) is 6.57. The zero-order valence-electron chi connectivity index (χ0n) is 13.0. The maximum absolute atomic E-state index is 11.7. The Bertz CT molecular complexity index is 728. The molecule has 28 heavy (non-hydrogen) atoms. The summed E-state index contributed by atoms with van der Waals surface area (Å²) in [4.78, 5) is 44.1. The van der Waals surface area contributed by atoms with E-state index in [0.29, 0.717) is 0 Å². The summed E-state index contributed by atoms with van der Waals surface area (Å²) in [6.07, 6.45) is -13.6. The van der Waals surface area contributed by atoms with Crippen LogP contribution in [0.4, 0.5) is 0 Å². The van der Waals surface area contributed by atoms with Crippen LogP contribution in [-0.4, -0.2) is 86.6 Å². The molecule has 0 aromatic rings. The van der Waals surface area contributed by atoms with Crippen LogP contribution < -0.4 is 0 Å². The SMILES string of the molecule is O=P(O)(O)OP(=O)(O)OP(=O)(O)OP(=O)(O)OC1[C@@H](O)[C@H](O)C(O)[C@H](O)[C@@H]1O. The van der Waals surface area contributed by atoms with Crippen LogP contribution in [0, 0.1) is 0 Å². The standard InChI is InChI=1S/C6H16O18P4/c7-1-2(8)4(10)6(5(11)3(1)9)21-26(15,16)23-28(19,20)24-27(17,18)22-25(12,13)14/h1-11H,(H,15,16)(H,17,18)(H,19,20)(H2,12,13,14)/t1?,2-,3+,4-,5-,6?/m0/s1. The van der Waals surface area contributed by atoms with Gasteiger partial charge in [0, 0.05) is 0 Å². The lowest BCUT2D eigenvalue weighted by atomic mass is 9.85. The van der Waals surface area contributed by atoms with E-state index in [4.69, 9.17) is 19.6 Å². The normalized spacial score (nSPS) is 38.2. The van der Waals surface area contributed by atoms with Crippen LogP contribution >= 0.6 is 31.3 Å². The predicted octanol–water partition coefficient (Wildman–Crippen LogP) is -3.37. The zero-order valence-corrected chi connectivity index (χ0v) is 16.6. The molecule has 0 amide bonds. The Labute approximate surface area is 154 Å². The van der Waals surface area contributed by atoms with Gasteiger partial charge in [0.05, 0.1) is 0 Å². The van der Waals surface area contributed by atoms with Crippen molar-refractivity contribution in [2.45, 2.75) is 36.6 Å². The molecule has 0 bridgehead atoms. The monoisotopic (exact) mass is 500 g/mol. The van der Waals surface area contributed by atoms with Crippen LogP contribution in [0.2, 0.25) is 0 Å². The predicted molar refractivity (Wildman–Crippen MR) is 79.7 cm³/mol. The van der Waals surface area contributed by atoms with Gasteiger partial charge in [-0.2, -0.15) is 12.9 Å². The Hall–Kier alpha value is 0.360. The van der Waals surface area contributed by atoms with Gasteiger partial charge in [0.25, 0.3) is 0 Å². The second-order valence-electron chi connectivity index (χ2n) is 5.16. The van der Waals surface area contributed by atoms with Gasteiger partial charge < -0.3 is 50.0 Å². The van der Waals surface area contributed by atoms with E-state index in [1.807, 2.05) is 0 Å². The highest BCUT2D eigenvalue weighted by molar-refractivity contribution is 7.69. The first-order valence-electron chi connectivity index (χ1n) is 6.54. The highest BCUT2D eigenvalue weighted by atomic mass is 31.3. The minimum Gasteiger partial charge on any atom is -0.387 e. The summed E-state index contributed by atoms with van der Waals surface area (Å²) in [6.45, 7) is 0. The van der Waals surface area contributed by atoms with Crippen LogP contribution in [0.25, 0.3) is 0 Å². The van der Waals surface area contributed by atoms with Crippen molar-refractivity contribution in [2.75, 3.05) is 0 Å². The van der Waals surface area contributed by atoms with Crippen molar-refractivity contribution in [2.24, 2.45) is 0 Å². The van der Waals surface area contributed by atoms with Gasteiger partial charge in [-0.3, -0.25) is 4.52 Å². The van der Waals surface area contributed by atoms with Gasteiger partial charge in [-0.15, -0.1) is 0 Å². The number of aliphatic hydroxyl groups excluding tert-OH is 5. The van der Waals surface area contributed by atoms with Crippen molar-refractivity contribution in [3.8, 4) is 0 Å². The van der Waals surface area contributed by atoms with Gasteiger partial charge in [0.15, 0.2) is 0 Å². The molecule has 22 heteroatoms. The molecule has 1 rings (SSSR count). The first-order chi connectivity index (χ1) is 12.3. The van der Waals surface area contributed by atoms with E-state index in [1.165, 1.54) is 0 Å². The van der Waals surface area contributed by atoms with E-state index < -0.39 is 67.9 Å². The van der Waals surface area contributed by atoms with Gasteiger partial charge in [-0.05, 0) is 0 Å². The molecule has 5 unspecified atom stereocenters. The maximum Gasteiger partial charge on any atom is 0.490 e. The van der Waals surface area contributed by atoms with Crippen LogP contribution in [-0.2, 0) is 35.7 Å². The number of hydrogen-bond acceptors (Lipinski definition) is 13. The van der Waals surface area contributed by atoms with Crippen molar-refractivity contribution in [1.82, 2.24) is 0 Å². The molecule has 0 heterocycles. The van der Waals surface area contributed by atoms with E-state index in [0.717, 1.165) is 0 Å². The Morgan fingerprint density at radius 1 is 0.500 bits per heavy atom. The molecular weight excluding hydrogens is 484 g/mol. The average molecular weight is 500 g/mol. The highest BCUT2D eigenvalue weighted by Crippen LogP contribution is 2.71. The Morgan fingerprint density at radius 2 is 0.821 bits per heavy atom. The Balaban J connectivity index is 2.92. The van der Waals surface area contributed by atoms with Crippen molar-refractivity contribution < 1.29 is 85.7 Å². The number of aliphatic hydroxyl groups is 5. The third-order valence-corrected chi connectivity index (χ3v) is 8.44. The molecular formula is C6H16O18P4. The minimum absolute atomic E-state index is 2.11. The lowest BCUT2D eigenvalue weighted by Crippen LogP contribution is -2.64. The first-order valence-corrected chi connectivity index (χ1v) is 12.6. The van der Waals surface area contributed by atoms with E-state index in [9.17, 15) is 48.7 Å². The molecule has 10 N–H and O–H groups in total. The molecule has 0 saturated heterocycles. The van der Waals surface area contributed by atoms with Gasteiger partial charge in [0.2, 0.25) is 0 Å². The lowest BCUT2D eigenvalue weighted by molar-refractivity contribution is -0.219. The third kappa shape index (κ3) is 7.56. The van der Waals surface area contributed by atoms with E-state index in [2.05, 4.69) is 17.5 Å². The van der Waals surface area contributed by atoms with Gasteiger partial charge in [0.1, 0.15) is 36.6 Å². The number of rotatable bonds is 8. The summed E-state index contributed by atoms with van der Waals surface area (Å²) in [5.74, 6) is 0. The van der Waals surface area contributed by atoms with Gasteiger partial charge >= 0.3 is 31.3 Å². The summed E-state index contributed by atoms with van der Waals surface area (Å²) < 4.78 is 59.0. The topological polar surface area (TPSA) is 308 Å². The summed E-state index contributed by atoms with van der Waals surface area (Å²) in [6, 6.07) is 0. The van der Waals surface area contributed by atoms with Crippen LogP contribution in [0.3, 0.4) is 0 Å². The Morgan fingerprint density at radius 3 is 1.21 bits per heavy atom. The molecule has 0 radical (unpaired) electrons. The van der Waals surface area contributed by atoms with Crippen LogP contribution in [0.5, 0.6) is 0 Å². The van der Waals surface area contributed by atoms with Crippen LogP contribution in [0.15, 0.2) is 0 Å². The van der Waals surface area contributed by atoms with Crippen LogP contribution in [0.1, 0.15) is 0 Å². The average Bonchev–Trinajstić information content (AvgIpc) is 2.42. The van der Waals surface area contributed by atoms with E-state index in [1.54, 1.807) is 0 Å². The number of phosphoric ester groups is 1. The number of phosphoric acid groups is 4. The molecule has 0 spiro atoms. The van der Waals surface area contributed by atoms with E-state index >= 15 is 0 Å². The highest BCUT2D eigenvalue weighted by Gasteiger charge is 2.53. The minimum atomic E-state index is -6.13. The van der Waals surface area contributed by atoms with Crippen molar-refractivity contribution in [3.05, 3.63) is 0 Å². The summed E-state index contributed by atoms with van der Waals surface area (Å²) >= 11 is 0. The molecule has 18 nitrogen and oxygen atoms in total. The van der Waals surface area contributed by atoms with E-state index in [-0.39, 0.29) is 0 Å². The van der Waals surface area contributed by atoms with Gasteiger partial charge in [-0.25, -0.2) is 18.3 Å². The fourth-order valence-electron chi connectivity index (χ4n) is 1.92. The molecule has 1 saturated carbocycles. The molecule has 1 aliphatic carbocycles. The molecule has 1 aliphatic rings. The lowest BCUT2D eigenvalue weighted by Gasteiger charge is -2.41. The summed E-state index contributed by atoms with van der Waals surface area (Å²) in [7, 11) is -23.8. The number of hydrogen-bond donors (Lipinski definition) is 10. The first kappa shape index (κ1) is 26.4. The Kier molecular flexibility index (Phi) is 8.34. The molecule has 0 aromatic heterocycles. The molecule has 0 aliphatic heterocycles. The summed E-state index contributed by atoms with van der Waals surface area (Å²) in [5, 5.41) is 47.5. The summed E-state index contributed by atoms with van der Waals surface area (Å²) in [5.41, 5.74) is 0. The molecule has 0 aromatic carbocycles. The molecule has 1 fully saturated rings. The van der Waals surface area contributed by atoms with Crippen molar-refractivity contribution in [1.29, 1.82) is 0 Å².